The Morgan fingerprint density at radius 2 is 2.07 bits per heavy atom. The quantitative estimate of drug-likeness (QED) is 0.753. The van der Waals surface area contributed by atoms with Gasteiger partial charge in [-0.1, -0.05) is 30.3 Å². The molecule has 14 heavy (non-hydrogen) atoms. The lowest BCUT2D eigenvalue weighted by Gasteiger charge is -2.13. The Hall–Kier alpha value is -1.35. The second-order valence-electron chi connectivity index (χ2n) is 3.24. The normalized spacial score (nSPS) is 12.1. The van der Waals surface area contributed by atoms with Gasteiger partial charge in [-0.3, -0.25) is 4.79 Å². The highest BCUT2D eigenvalue weighted by Gasteiger charge is 2.07. The number of benzene rings is 1. The fourth-order valence-corrected chi connectivity index (χ4v) is 1.27. The first-order valence-corrected chi connectivity index (χ1v) is 4.78. The van der Waals surface area contributed by atoms with Crippen molar-refractivity contribution in [3.05, 3.63) is 35.9 Å². The van der Waals surface area contributed by atoms with Crippen LogP contribution >= 0.6 is 0 Å². The number of carbonyl (C=O) groups excluding carboxylic acids is 1. The van der Waals surface area contributed by atoms with E-state index in [-0.39, 0.29) is 11.9 Å². The van der Waals surface area contributed by atoms with Crippen molar-refractivity contribution in [1.82, 2.24) is 5.32 Å². The summed E-state index contributed by atoms with van der Waals surface area (Å²) in [6.45, 7) is 2.36. The van der Waals surface area contributed by atoms with Gasteiger partial charge in [-0.2, -0.15) is 0 Å². The number of hydrogen-bond donors (Lipinski definition) is 2. The van der Waals surface area contributed by atoms with Crippen LogP contribution in [0, 0.1) is 0 Å². The highest BCUT2D eigenvalue weighted by molar-refractivity contribution is 5.76. The molecular formula is C11H16N2O. The molecule has 0 aromatic heterocycles. The lowest BCUT2D eigenvalue weighted by atomic mass is 10.1. The minimum atomic E-state index is 0.00357. The molecule has 1 amide bonds. The van der Waals surface area contributed by atoms with Crippen LogP contribution in [-0.4, -0.2) is 12.5 Å². The van der Waals surface area contributed by atoms with Gasteiger partial charge in [0.1, 0.15) is 0 Å². The molecule has 0 radical (unpaired) electrons. The maximum absolute atomic E-state index is 11.2. The van der Waals surface area contributed by atoms with E-state index in [1.165, 1.54) is 0 Å². The standard InChI is InChI=1S/C11H16N2O/c1-9(13-11(14)7-8-12)10-5-3-2-4-6-10/h2-6,9H,7-8,12H2,1H3,(H,13,14)/t9-/m0/s1. The smallest absolute Gasteiger partial charge is 0.221 e. The molecule has 76 valence electrons. The molecule has 3 N–H and O–H groups in total. The largest absolute Gasteiger partial charge is 0.350 e. The summed E-state index contributed by atoms with van der Waals surface area (Å²) >= 11 is 0. The highest BCUT2D eigenvalue weighted by Crippen LogP contribution is 2.10. The zero-order chi connectivity index (χ0) is 10.4. The van der Waals surface area contributed by atoms with Gasteiger partial charge in [-0.15, -0.1) is 0 Å². The molecule has 0 aliphatic carbocycles. The topological polar surface area (TPSA) is 55.1 Å². The molecule has 0 aliphatic rings. The molecule has 0 spiro atoms. The summed E-state index contributed by atoms with van der Waals surface area (Å²) in [5, 5.41) is 2.88. The number of hydrogen-bond acceptors (Lipinski definition) is 2. The van der Waals surface area contributed by atoms with Gasteiger partial charge < -0.3 is 11.1 Å². The number of nitrogens with two attached hydrogens (primary N) is 1. The van der Waals surface area contributed by atoms with Crippen molar-refractivity contribution in [2.75, 3.05) is 6.54 Å². The van der Waals surface area contributed by atoms with Crippen LogP contribution in [0.3, 0.4) is 0 Å². The van der Waals surface area contributed by atoms with E-state index in [4.69, 9.17) is 5.73 Å². The van der Waals surface area contributed by atoms with Crippen LogP contribution in [0.15, 0.2) is 30.3 Å². The Kier molecular flexibility index (Phi) is 4.13. The van der Waals surface area contributed by atoms with Crippen molar-refractivity contribution >= 4 is 5.91 Å². The first-order valence-electron chi connectivity index (χ1n) is 4.78. The first-order chi connectivity index (χ1) is 6.74. The van der Waals surface area contributed by atoms with Gasteiger partial charge in [0, 0.05) is 13.0 Å². The Bertz CT molecular complexity index is 285. The predicted molar refractivity (Wildman–Crippen MR) is 56.7 cm³/mol. The van der Waals surface area contributed by atoms with Crippen LogP contribution in [0.4, 0.5) is 0 Å². The van der Waals surface area contributed by atoms with Crippen LogP contribution in [-0.2, 0) is 4.79 Å². The summed E-state index contributed by atoms with van der Waals surface area (Å²) in [5.41, 5.74) is 6.39. The lowest BCUT2D eigenvalue weighted by molar-refractivity contribution is -0.121. The second kappa shape index (κ2) is 5.40. The van der Waals surface area contributed by atoms with E-state index in [1.807, 2.05) is 37.3 Å². The summed E-state index contributed by atoms with van der Waals surface area (Å²) in [7, 11) is 0. The molecule has 1 atom stereocenters. The van der Waals surface area contributed by atoms with Gasteiger partial charge in [-0.05, 0) is 12.5 Å². The third kappa shape index (κ3) is 3.18. The zero-order valence-electron chi connectivity index (χ0n) is 8.36. The summed E-state index contributed by atoms with van der Waals surface area (Å²) < 4.78 is 0. The zero-order valence-corrected chi connectivity index (χ0v) is 8.36. The van der Waals surface area contributed by atoms with Crippen molar-refractivity contribution < 1.29 is 4.79 Å². The number of nitrogens with one attached hydrogen (secondary N) is 1. The average molecular weight is 192 g/mol. The Morgan fingerprint density at radius 1 is 1.43 bits per heavy atom. The lowest BCUT2D eigenvalue weighted by Crippen LogP contribution is -2.28. The third-order valence-electron chi connectivity index (χ3n) is 2.05. The molecule has 3 heteroatoms. The van der Waals surface area contributed by atoms with Crippen LogP contribution < -0.4 is 11.1 Å². The average Bonchev–Trinajstić information content (AvgIpc) is 2.19. The van der Waals surface area contributed by atoms with Gasteiger partial charge in [0.25, 0.3) is 0 Å². The maximum atomic E-state index is 11.2. The summed E-state index contributed by atoms with van der Waals surface area (Å²) in [6, 6.07) is 9.91. The molecule has 0 saturated heterocycles. The monoisotopic (exact) mass is 192 g/mol. The van der Waals surface area contributed by atoms with Crippen LogP contribution in [0.5, 0.6) is 0 Å². The molecule has 0 aliphatic heterocycles. The van der Waals surface area contributed by atoms with Gasteiger partial charge in [0.2, 0.25) is 5.91 Å². The van der Waals surface area contributed by atoms with E-state index < -0.39 is 0 Å². The Balaban J connectivity index is 2.50. The van der Waals surface area contributed by atoms with Crippen molar-refractivity contribution in [1.29, 1.82) is 0 Å². The molecule has 0 heterocycles. The number of amides is 1. The van der Waals surface area contributed by atoms with Crippen molar-refractivity contribution in [3.63, 3.8) is 0 Å². The molecule has 0 unspecified atom stereocenters. The van der Waals surface area contributed by atoms with E-state index in [9.17, 15) is 4.79 Å². The molecule has 0 fully saturated rings. The summed E-state index contributed by atoms with van der Waals surface area (Å²) in [4.78, 5) is 11.2. The molecular weight excluding hydrogens is 176 g/mol. The second-order valence-corrected chi connectivity index (χ2v) is 3.24. The molecule has 1 rings (SSSR count). The van der Waals surface area contributed by atoms with Crippen LogP contribution in [0.25, 0.3) is 0 Å². The van der Waals surface area contributed by atoms with E-state index in [1.54, 1.807) is 0 Å². The Labute approximate surface area is 84.3 Å². The molecule has 1 aromatic carbocycles. The summed E-state index contributed by atoms with van der Waals surface area (Å²) in [6.07, 6.45) is 0.386. The van der Waals surface area contributed by atoms with Crippen LogP contribution in [0.2, 0.25) is 0 Å². The van der Waals surface area contributed by atoms with E-state index in [0.717, 1.165) is 5.56 Å². The van der Waals surface area contributed by atoms with Gasteiger partial charge in [-0.25, -0.2) is 0 Å². The van der Waals surface area contributed by atoms with E-state index in [0.29, 0.717) is 13.0 Å². The predicted octanol–water partition coefficient (Wildman–Crippen LogP) is 1.21. The number of rotatable bonds is 4. The van der Waals surface area contributed by atoms with Crippen molar-refractivity contribution in [3.8, 4) is 0 Å². The van der Waals surface area contributed by atoms with E-state index >= 15 is 0 Å². The summed E-state index contributed by atoms with van der Waals surface area (Å²) in [5.74, 6) is 0.00357. The third-order valence-corrected chi connectivity index (χ3v) is 2.05. The van der Waals surface area contributed by atoms with Gasteiger partial charge in [0.15, 0.2) is 0 Å². The fraction of sp³-hybridized carbons (Fsp3) is 0.364. The minimum absolute atomic E-state index is 0.00357. The van der Waals surface area contributed by atoms with Crippen LogP contribution in [0.1, 0.15) is 24.9 Å². The Morgan fingerprint density at radius 3 is 2.64 bits per heavy atom. The fourth-order valence-electron chi connectivity index (χ4n) is 1.27. The SMILES string of the molecule is C[C@H](NC(=O)CCN)c1ccccc1. The van der Waals surface area contributed by atoms with Gasteiger partial charge in [0.05, 0.1) is 6.04 Å². The molecule has 3 nitrogen and oxygen atoms in total. The first kappa shape index (κ1) is 10.7. The van der Waals surface area contributed by atoms with Crippen molar-refractivity contribution in [2.45, 2.75) is 19.4 Å². The molecule has 0 bridgehead atoms. The molecule has 1 aromatic rings. The van der Waals surface area contributed by atoms with E-state index in [2.05, 4.69) is 5.32 Å². The van der Waals surface area contributed by atoms with Gasteiger partial charge >= 0.3 is 0 Å². The van der Waals surface area contributed by atoms with Crippen molar-refractivity contribution in [2.24, 2.45) is 5.73 Å². The number of carbonyl (C=O) groups is 1. The molecule has 0 saturated carbocycles. The highest BCUT2D eigenvalue weighted by atomic mass is 16.1. The maximum Gasteiger partial charge on any atom is 0.221 e. The minimum Gasteiger partial charge on any atom is -0.350 e.